The Morgan fingerprint density at radius 2 is 1.77 bits per heavy atom. The highest BCUT2D eigenvalue weighted by Gasteiger charge is 2.11. The third kappa shape index (κ3) is 4.63. The van der Waals surface area contributed by atoms with Gasteiger partial charge in [-0.1, -0.05) is 17.7 Å². The molecule has 0 unspecified atom stereocenters. The van der Waals surface area contributed by atoms with Crippen molar-refractivity contribution in [3.8, 4) is 0 Å². The topological polar surface area (TPSA) is 71.0 Å². The van der Waals surface area contributed by atoms with Gasteiger partial charge in [-0.25, -0.2) is 9.97 Å². The number of aromatic nitrogens is 3. The molecule has 0 fully saturated rings. The number of likely N-dealkylation sites (N-methyl/N-ethyl adjacent to an activating group) is 1. The van der Waals surface area contributed by atoms with Crippen LogP contribution in [-0.4, -0.2) is 34.5 Å². The van der Waals surface area contributed by atoms with Crippen molar-refractivity contribution in [3.63, 3.8) is 0 Å². The summed E-state index contributed by atoms with van der Waals surface area (Å²) in [6.45, 7) is 2.75. The van der Waals surface area contributed by atoms with E-state index in [0.717, 1.165) is 24.2 Å². The Morgan fingerprint density at radius 3 is 2.50 bits per heavy atom. The summed E-state index contributed by atoms with van der Waals surface area (Å²) in [6.07, 6.45) is 6.02. The predicted octanol–water partition coefficient (Wildman–Crippen LogP) is 3.11. The fraction of sp³-hybridized carbons (Fsp3) is 0.200. The quantitative estimate of drug-likeness (QED) is 0.742. The van der Waals surface area contributed by atoms with Crippen LogP contribution in [0.1, 0.15) is 21.6 Å². The van der Waals surface area contributed by atoms with E-state index in [2.05, 4.69) is 20.3 Å². The van der Waals surface area contributed by atoms with Crippen LogP contribution in [0.15, 0.2) is 61.1 Å². The number of anilines is 2. The van der Waals surface area contributed by atoms with Gasteiger partial charge >= 0.3 is 0 Å². The molecule has 0 bridgehead atoms. The molecule has 6 heteroatoms. The summed E-state index contributed by atoms with van der Waals surface area (Å²) in [4.78, 5) is 27.0. The van der Waals surface area contributed by atoms with E-state index in [1.165, 1.54) is 5.56 Å². The minimum atomic E-state index is -0.250. The largest absolute Gasteiger partial charge is 0.344 e. The minimum absolute atomic E-state index is 0.250. The lowest BCUT2D eigenvalue weighted by Gasteiger charge is -2.17. The molecular formula is C20H21N5O. The summed E-state index contributed by atoms with van der Waals surface area (Å²) < 4.78 is 0. The molecule has 0 saturated heterocycles. The zero-order valence-corrected chi connectivity index (χ0v) is 14.9. The van der Waals surface area contributed by atoms with Crippen LogP contribution in [-0.2, 0) is 6.42 Å². The monoisotopic (exact) mass is 347 g/mol. The normalized spacial score (nSPS) is 10.4. The van der Waals surface area contributed by atoms with Gasteiger partial charge in [0.1, 0.15) is 5.69 Å². The summed E-state index contributed by atoms with van der Waals surface area (Å²) in [7, 11) is 1.91. The number of hydrogen-bond acceptors (Lipinski definition) is 5. The van der Waals surface area contributed by atoms with E-state index in [1.54, 1.807) is 24.7 Å². The van der Waals surface area contributed by atoms with Crippen LogP contribution in [0.4, 0.5) is 11.6 Å². The molecule has 0 saturated carbocycles. The maximum Gasteiger partial charge on any atom is 0.274 e. The summed E-state index contributed by atoms with van der Waals surface area (Å²) >= 11 is 0. The molecular weight excluding hydrogens is 326 g/mol. The SMILES string of the molecule is Cc1ccc(NC(=O)c2ccnc(N(C)CCc3ccncc3)n2)cc1. The highest BCUT2D eigenvalue weighted by Crippen LogP contribution is 2.12. The molecule has 132 valence electrons. The molecule has 1 N–H and O–H groups in total. The van der Waals surface area contributed by atoms with E-state index < -0.39 is 0 Å². The summed E-state index contributed by atoms with van der Waals surface area (Å²) in [5.74, 6) is 0.274. The van der Waals surface area contributed by atoms with Crippen LogP contribution >= 0.6 is 0 Å². The molecule has 26 heavy (non-hydrogen) atoms. The Labute approximate surface area is 153 Å². The van der Waals surface area contributed by atoms with Gasteiger partial charge in [-0.05, 0) is 49.2 Å². The van der Waals surface area contributed by atoms with E-state index >= 15 is 0 Å². The predicted molar refractivity (Wildman–Crippen MR) is 102 cm³/mol. The molecule has 2 heterocycles. The van der Waals surface area contributed by atoms with Gasteiger partial charge in [0, 0.05) is 37.9 Å². The Balaban J connectivity index is 1.65. The van der Waals surface area contributed by atoms with Gasteiger partial charge in [0.05, 0.1) is 0 Å². The first-order valence-corrected chi connectivity index (χ1v) is 8.43. The lowest BCUT2D eigenvalue weighted by molar-refractivity contribution is 0.102. The number of pyridine rings is 1. The summed E-state index contributed by atoms with van der Waals surface area (Å²) in [5, 5.41) is 2.85. The van der Waals surface area contributed by atoms with Gasteiger partial charge in [0.2, 0.25) is 5.95 Å². The van der Waals surface area contributed by atoms with Crippen molar-refractivity contribution in [2.75, 3.05) is 23.8 Å². The van der Waals surface area contributed by atoms with Crippen molar-refractivity contribution in [2.45, 2.75) is 13.3 Å². The fourth-order valence-electron chi connectivity index (χ4n) is 2.44. The second kappa shape index (κ2) is 8.20. The maximum atomic E-state index is 12.4. The van der Waals surface area contributed by atoms with E-state index in [4.69, 9.17) is 0 Å². The van der Waals surface area contributed by atoms with Crippen LogP contribution in [0, 0.1) is 6.92 Å². The molecule has 2 aromatic heterocycles. The van der Waals surface area contributed by atoms with Crippen LogP contribution in [0.2, 0.25) is 0 Å². The van der Waals surface area contributed by atoms with Gasteiger partial charge in [0.25, 0.3) is 5.91 Å². The van der Waals surface area contributed by atoms with Crippen molar-refractivity contribution >= 4 is 17.5 Å². The summed E-state index contributed by atoms with van der Waals surface area (Å²) in [6, 6.07) is 13.2. The van der Waals surface area contributed by atoms with E-state index in [1.807, 2.05) is 55.3 Å². The summed E-state index contributed by atoms with van der Waals surface area (Å²) in [5.41, 5.74) is 3.42. The highest BCUT2D eigenvalue weighted by atomic mass is 16.1. The van der Waals surface area contributed by atoms with Crippen molar-refractivity contribution < 1.29 is 4.79 Å². The number of hydrogen-bond donors (Lipinski definition) is 1. The van der Waals surface area contributed by atoms with Crippen LogP contribution < -0.4 is 10.2 Å². The third-order valence-corrected chi connectivity index (χ3v) is 4.01. The minimum Gasteiger partial charge on any atom is -0.344 e. The Kier molecular flexibility index (Phi) is 5.53. The van der Waals surface area contributed by atoms with E-state index in [0.29, 0.717) is 11.6 Å². The van der Waals surface area contributed by atoms with Gasteiger partial charge in [-0.2, -0.15) is 0 Å². The lowest BCUT2D eigenvalue weighted by atomic mass is 10.2. The molecule has 0 radical (unpaired) electrons. The average Bonchev–Trinajstić information content (AvgIpc) is 2.69. The molecule has 0 spiro atoms. The zero-order valence-electron chi connectivity index (χ0n) is 14.9. The van der Waals surface area contributed by atoms with Gasteiger partial charge in [-0.3, -0.25) is 9.78 Å². The molecule has 1 aromatic carbocycles. The Bertz CT molecular complexity index is 865. The molecule has 0 aliphatic carbocycles. The van der Waals surface area contributed by atoms with Crippen molar-refractivity contribution in [3.05, 3.63) is 77.9 Å². The number of aryl methyl sites for hydroxylation is 1. The van der Waals surface area contributed by atoms with Crippen molar-refractivity contribution in [1.82, 2.24) is 15.0 Å². The van der Waals surface area contributed by atoms with Crippen molar-refractivity contribution in [2.24, 2.45) is 0 Å². The number of benzene rings is 1. The van der Waals surface area contributed by atoms with Gasteiger partial charge in [-0.15, -0.1) is 0 Å². The first kappa shape index (κ1) is 17.5. The Morgan fingerprint density at radius 1 is 1.04 bits per heavy atom. The first-order valence-electron chi connectivity index (χ1n) is 8.43. The number of carbonyl (C=O) groups is 1. The van der Waals surface area contributed by atoms with E-state index in [-0.39, 0.29) is 5.91 Å². The number of nitrogens with zero attached hydrogens (tertiary/aromatic N) is 4. The molecule has 1 amide bonds. The maximum absolute atomic E-state index is 12.4. The molecule has 6 nitrogen and oxygen atoms in total. The third-order valence-electron chi connectivity index (χ3n) is 4.01. The van der Waals surface area contributed by atoms with Crippen LogP contribution in [0.5, 0.6) is 0 Å². The average molecular weight is 347 g/mol. The smallest absolute Gasteiger partial charge is 0.274 e. The molecule has 0 aliphatic heterocycles. The van der Waals surface area contributed by atoms with Crippen LogP contribution in [0.25, 0.3) is 0 Å². The second-order valence-electron chi connectivity index (χ2n) is 6.09. The number of rotatable bonds is 6. The first-order chi connectivity index (χ1) is 12.6. The molecule has 0 aliphatic rings. The van der Waals surface area contributed by atoms with E-state index in [9.17, 15) is 4.79 Å². The van der Waals surface area contributed by atoms with Crippen LogP contribution in [0.3, 0.4) is 0 Å². The lowest BCUT2D eigenvalue weighted by Crippen LogP contribution is -2.24. The highest BCUT2D eigenvalue weighted by molar-refractivity contribution is 6.02. The van der Waals surface area contributed by atoms with Crippen molar-refractivity contribution in [1.29, 1.82) is 0 Å². The Hall–Kier alpha value is -3.28. The number of amides is 1. The van der Waals surface area contributed by atoms with Gasteiger partial charge in [0.15, 0.2) is 0 Å². The fourth-order valence-corrected chi connectivity index (χ4v) is 2.44. The standard InChI is InChI=1S/C20H21N5O/c1-15-3-5-17(6-4-15)23-19(26)18-9-13-22-20(24-18)25(2)14-10-16-7-11-21-12-8-16/h3-9,11-13H,10,14H2,1-2H3,(H,23,26). The number of nitrogens with one attached hydrogen (secondary N) is 1. The number of carbonyl (C=O) groups excluding carboxylic acids is 1. The molecule has 3 aromatic rings. The second-order valence-corrected chi connectivity index (χ2v) is 6.09. The zero-order chi connectivity index (χ0) is 18.4. The molecule has 0 atom stereocenters. The molecule has 3 rings (SSSR count). The van der Waals surface area contributed by atoms with Gasteiger partial charge < -0.3 is 10.2 Å².